The molecule has 1 saturated heterocycles. The van der Waals surface area contributed by atoms with Crippen molar-refractivity contribution in [1.29, 1.82) is 0 Å². The van der Waals surface area contributed by atoms with E-state index in [-0.39, 0.29) is 23.7 Å². The molecule has 0 saturated carbocycles. The van der Waals surface area contributed by atoms with Crippen LogP contribution in [-0.4, -0.2) is 62.1 Å². The summed E-state index contributed by atoms with van der Waals surface area (Å²) in [6.45, 7) is 4.50. The lowest BCUT2D eigenvalue weighted by atomic mass is 10.0. The Morgan fingerprint density at radius 1 is 1.35 bits per heavy atom. The van der Waals surface area contributed by atoms with E-state index >= 15 is 0 Å². The molecule has 1 fully saturated rings. The SMILES string of the molecule is CC(C)(C)CS(=O)(=O)N(CC(=O)O)C1CCS(=O)(=O)C1. The van der Waals surface area contributed by atoms with Crippen molar-refractivity contribution in [2.24, 2.45) is 5.41 Å². The zero-order valence-corrected chi connectivity index (χ0v) is 13.5. The largest absolute Gasteiger partial charge is 0.480 e. The summed E-state index contributed by atoms with van der Waals surface area (Å²) in [7, 11) is -7.10. The van der Waals surface area contributed by atoms with E-state index in [1.165, 1.54) is 0 Å². The van der Waals surface area contributed by atoms with Crippen molar-refractivity contribution in [3.05, 3.63) is 0 Å². The Kier molecular flexibility index (Phi) is 4.87. The van der Waals surface area contributed by atoms with E-state index in [1.807, 2.05) is 0 Å². The molecular weight excluding hydrogens is 306 g/mol. The first-order valence-corrected chi connectivity index (χ1v) is 9.67. The maximum atomic E-state index is 12.3. The minimum absolute atomic E-state index is 0.0984. The molecule has 1 atom stereocenters. The predicted molar refractivity (Wildman–Crippen MR) is 74.6 cm³/mol. The smallest absolute Gasteiger partial charge is 0.318 e. The van der Waals surface area contributed by atoms with Gasteiger partial charge in [0.15, 0.2) is 9.84 Å². The van der Waals surface area contributed by atoms with Gasteiger partial charge in [-0.3, -0.25) is 4.79 Å². The number of aliphatic carboxylic acids is 1. The highest BCUT2D eigenvalue weighted by molar-refractivity contribution is 7.92. The second kappa shape index (κ2) is 5.61. The maximum Gasteiger partial charge on any atom is 0.318 e. The van der Waals surface area contributed by atoms with Crippen LogP contribution in [0.25, 0.3) is 0 Å². The van der Waals surface area contributed by atoms with E-state index in [4.69, 9.17) is 5.11 Å². The van der Waals surface area contributed by atoms with Crippen LogP contribution in [0.2, 0.25) is 0 Å². The first kappa shape index (κ1) is 17.4. The van der Waals surface area contributed by atoms with Crippen LogP contribution in [-0.2, 0) is 24.7 Å². The van der Waals surface area contributed by atoms with E-state index < -0.39 is 43.8 Å². The molecular formula is C11H21NO6S2. The molecule has 0 aliphatic carbocycles. The highest BCUT2D eigenvalue weighted by Gasteiger charge is 2.40. The quantitative estimate of drug-likeness (QED) is 0.757. The molecule has 1 unspecified atom stereocenters. The van der Waals surface area contributed by atoms with Gasteiger partial charge in [0.05, 0.1) is 17.3 Å². The number of carboxylic acids is 1. The van der Waals surface area contributed by atoms with Gasteiger partial charge in [-0.25, -0.2) is 16.8 Å². The van der Waals surface area contributed by atoms with Crippen LogP contribution in [0, 0.1) is 5.41 Å². The van der Waals surface area contributed by atoms with Crippen molar-refractivity contribution in [2.45, 2.75) is 33.2 Å². The predicted octanol–water partition coefficient (Wildman–Crippen LogP) is -0.0640. The van der Waals surface area contributed by atoms with E-state index in [2.05, 4.69) is 0 Å². The summed E-state index contributed by atoms with van der Waals surface area (Å²) in [6, 6.07) is -0.775. The number of hydrogen-bond donors (Lipinski definition) is 1. The van der Waals surface area contributed by atoms with Crippen molar-refractivity contribution in [2.75, 3.05) is 23.8 Å². The van der Waals surface area contributed by atoms with Gasteiger partial charge in [-0.15, -0.1) is 0 Å². The van der Waals surface area contributed by atoms with Crippen molar-refractivity contribution in [3.8, 4) is 0 Å². The minimum Gasteiger partial charge on any atom is -0.480 e. The standard InChI is InChI=1S/C11H21NO6S2/c1-11(2,3)8-20(17,18)12(6-10(13)14)9-4-5-19(15,16)7-9/h9H,4-8H2,1-3H3,(H,13,14). The molecule has 0 aromatic heterocycles. The van der Waals surface area contributed by atoms with E-state index in [1.54, 1.807) is 20.8 Å². The van der Waals surface area contributed by atoms with Crippen LogP contribution < -0.4 is 0 Å². The molecule has 9 heteroatoms. The molecule has 0 radical (unpaired) electrons. The number of rotatable bonds is 5. The molecule has 7 nitrogen and oxygen atoms in total. The highest BCUT2D eigenvalue weighted by Crippen LogP contribution is 2.25. The number of nitrogens with zero attached hydrogens (tertiary/aromatic N) is 1. The average Bonchev–Trinajstić information content (AvgIpc) is 2.50. The summed E-state index contributed by atoms with van der Waals surface area (Å²) >= 11 is 0. The van der Waals surface area contributed by atoms with Gasteiger partial charge in [0.2, 0.25) is 10.0 Å². The Morgan fingerprint density at radius 2 is 1.90 bits per heavy atom. The third-order valence-corrected chi connectivity index (χ3v) is 7.00. The fourth-order valence-electron chi connectivity index (χ4n) is 2.22. The third kappa shape index (κ3) is 5.02. The normalized spacial score (nSPS) is 23.1. The second-order valence-electron chi connectivity index (χ2n) is 6.31. The van der Waals surface area contributed by atoms with Crippen LogP contribution in [0.15, 0.2) is 0 Å². The van der Waals surface area contributed by atoms with Crippen LogP contribution in [0.1, 0.15) is 27.2 Å². The first-order chi connectivity index (χ1) is 8.82. The van der Waals surface area contributed by atoms with Crippen LogP contribution >= 0.6 is 0 Å². The van der Waals surface area contributed by atoms with Crippen molar-refractivity contribution >= 4 is 25.8 Å². The Labute approximate surface area is 119 Å². The molecule has 1 N–H and O–H groups in total. The monoisotopic (exact) mass is 327 g/mol. The molecule has 0 bridgehead atoms. The molecule has 0 aromatic rings. The summed E-state index contributed by atoms with van der Waals surface area (Å²) in [5.41, 5.74) is -0.535. The van der Waals surface area contributed by atoms with E-state index in [0.29, 0.717) is 0 Å². The van der Waals surface area contributed by atoms with Gasteiger partial charge in [-0.2, -0.15) is 4.31 Å². The van der Waals surface area contributed by atoms with E-state index in [9.17, 15) is 21.6 Å². The Balaban J connectivity index is 3.04. The van der Waals surface area contributed by atoms with Crippen LogP contribution in [0.3, 0.4) is 0 Å². The Morgan fingerprint density at radius 3 is 2.25 bits per heavy atom. The van der Waals surface area contributed by atoms with Gasteiger partial charge >= 0.3 is 5.97 Å². The molecule has 118 valence electrons. The fraction of sp³-hybridized carbons (Fsp3) is 0.909. The van der Waals surface area contributed by atoms with Gasteiger partial charge < -0.3 is 5.11 Å². The molecule has 1 aliphatic heterocycles. The zero-order chi connectivity index (χ0) is 15.8. The summed E-state index contributed by atoms with van der Waals surface area (Å²) in [4.78, 5) is 10.9. The number of sulfone groups is 1. The summed E-state index contributed by atoms with van der Waals surface area (Å²) in [5, 5.41) is 8.88. The molecule has 0 spiro atoms. The maximum absolute atomic E-state index is 12.3. The third-order valence-electron chi connectivity index (χ3n) is 2.88. The lowest BCUT2D eigenvalue weighted by Crippen LogP contribution is -2.46. The molecule has 20 heavy (non-hydrogen) atoms. The molecule has 1 heterocycles. The Bertz CT molecular complexity index is 573. The topological polar surface area (TPSA) is 109 Å². The number of sulfonamides is 1. The number of hydrogen-bond acceptors (Lipinski definition) is 5. The van der Waals surface area contributed by atoms with Crippen molar-refractivity contribution in [1.82, 2.24) is 4.31 Å². The molecule has 0 aromatic carbocycles. The number of carbonyl (C=O) groups is 1. The van der Waals surface area contributed by atoms with Gasteiger partial charge in [0.25, 0.3) is 0 Å². The van der Waals surface area contributed by atoms with Crippen LogP contribution in [0.5, 0.6) is 0 Å². The first-order valence-electron chi connectivity index (χ1n) is 6.24. The second-order valence-corrected chi connectivity index (χ2v) is 10.5. The van der Waals surface area contributed by atoms with Crippen molar-refractivity contribution < 1.29 is 26.7 Å². The average molecular weight is 327 g/mol. The molecule has 0 amide bonds. The molecule has 1 rings (SSSR count). The van der Waals surface area contributed by atoms with Crippen molar-refractivity contribution in [3.63, 3.8) is 0 Å². The lowest BCUT2D eigenvalue weighted by Gasteiger charge is -2.29. The van der Waals surface area contributed by atoms with Gasteiger partial charge in [-0.05, 0) is 11.8 Å². The summed E-state index contributed by atoms with van der Waals surface area (Å²) in [6.07, 6.45) is 0.152. The minimum atomic E-state index is -3.82. The van der Waals surface area contributed by atoms with Gasteiger partial charge in [-0.1, -0.05) is 20.8 Å². The Hall–Kier alpha value is -0.670. The summed E-state index contributed by atoms with van der Waals surface area (Å²) in [5.74, 6) is -1.90. The lowest BCUT2D eigenvalue weighted by molar-refractivity contribution is -0.137. The molecule has 1 aliphatic rings. The fourth-order valence-corrected chi connectivity index (χ4v) is 6.25. The van der Waals surface area contributed by atoms with Gasteiger partial charge in [0.1, 0.15) is 6.54 Å². The number of carboxylic acid groups (broad SMARTS) is 1. The highest BCUT2D eigenvalue weighted by atomic mass is 32.2. The zero-order valence-electron chi connectivity index (χ0n) is 11.9. The van der Waals surface area contributed by atoms with E-state index in [0.717, 1.165) is 4.31 Å². The summed E-state index contributed by atoms with van der Waals surface area (Å²) < 4.78 is 48.5. The van der Waals surface area contributed by atoms with Gasteiger partial charge in [0, 0.05) is 6.04 Å². The van der Waals surface area contributed by atoms with Crippen LogP contribution in [0.4, 0.5) is 0 Å².